The number of nitrogens with two attached hydrogens (primary N) is 1. The molecule has 0 amide bonds. The Hall–Kier alpha value is -0.0900. The smallest absolute Gasteiger partial charge is 0.154 e. The van der Waals surface area contributed by atoms with Crippen LogP contribution in [0.5, 0.6) is 0 Å². The van der Waals surface area contributed by atoms with Crippen molar-refractivity contribution >= 4 is 9.84 Å². The summed E-state index contributed by atoms with van der Waals surface area (Å²) in [4.78, 5) is 0. The average molecular weight is 165 g/mol. The minimum Gasteiger partial charge on any atom is -0.329 e. The van der Waals surface area contributed by atoms with Gasteiger partial charge in [-0.3, -0.25) is 0 Å². The summed E-state index contributed by atoms with van der Waals surface area (Å²) in [5.74, 6) is 0.197. The molecule has 0 aliphatic carbocycles. The second-order valence-corrected chi connectivity index (χ2v) is 4.79. The third-order valence-corrected chi connectivity index (χ3v) is 3.97. The average Bonchev–Trinajstić information content (AvgIpc) is 1.90. The SMILES string of the molecule is CC[C@@H](CN)S(=O)(=O)CC. The van der Waals surface area contributed by atoms with Gasteiger partial charge in [0.15, 0.2) is 9.84 Å². The van der Waals surface area contributed by atoms with Gasteiger partial charge in [0.25, 0.3) is 0 Å². The van der Waals surface area contributed by atoms with Gasteiger partial charge in [-0.2, -0.15) is 0 Å². The zero-order chi connectivity index (χ0) is 8.20. The molecule has 10 heavy (non-hydrogen) atoms. The van der Waals surface area contributed by atoms with Gasteiger partial charge in [0.1, 0.15) is 0 Å². The highest BCUT2D eigenvalue weighted by molar-refractivity contribution is 7.92. The molecule has 0 unspecified atom stereocenters. The van der Waals surface area contributed by atoms with Crippen LogP contribution in [0.1, 0.15) is 20.3 Å². The standard InChI is InChI=1S/C6H15NO2S/c1-3-6(5-7)10(8,9)4-2/h6H,3-5,7H2,1-2H3/t6-/m0/s1. The zero-order valence-electron chi connectivity index (χ0n) is 6.50. The molecule has 62 valence electrons. The van der Waals surface area contributed by atoms with Gasteiger partial charge in [0, 0.05) is 12.3 Å². The van der Waals surface area contributed by atoms with E-state index in [4.69, 9.17) is 5.73 Å². The molecule has 0 spiro atoms. The predicted molar refractivity (Wildman–Crippen MR) is 42.6 cm³/mol. The summed E-state index contributed by atoms with van der Waals surface area (Å²) < 4.78 is 22.2. The highest BCUT2D eigenvalue weighted by Gasteiger charge is 2.19. The molecule has 2 N–H and O–H groups in total. The number of rotatable bonds is 4. The summed E-state index contributed by atoms with van der Waals surface area (Å²) >= 11 is 0. The fraction of sp³-hybridized carbons (Fsp3) is 1.00. The van der Waals surface area contributed by atoms with E-state index in [9.17, 15) is 8.42 Å². The lowest BCUT2D eigenvalue weighted by atomic mass is 10.3. The molecular formula is C6H15NO2S. The van der Waals surface area contributed by atoms with Crippen LogP contribution in [0.25, 0.3) is 0 Å². The number of hydrogen-bond acceptors (Lipinski definition) is 3. The Morgan fingerprint density at radius 3 is 2.00 bits per heavy atom. The molecular weight excluding hydrogens is 150 g/mol. The van der Waals surface area contributed by atoms with Crippen molar-refractivity contribution in [2.75, 3.05) is 12.3 Å². The predicted octanol–water partition coefficient (Wildman–Crippen LogP) is 0.158. The van der Waals surface area contributed by atoms with E-state index >= 15 is 0 Å². The summed E-state index contributed by atoms with van der Waals surface area (Å²) in [5, 5.41) is -0.336. The van der Waals surface area contributed by atoms with Gasteiger partial charge in [0.05, 0.1) is 5.25 Å². The van der Waals surface area contributed by atoms with Crippen LogP contribution < -0.4 is 5.73 Å². The van der Waals surface area contributed by atoms with E-state index in [-0.39, 0.29) is 17.5 Å². The third kappa shape index (κ3) is 2.27. The molecule has 4 heteroatoms. The van der Waals surface area contributed by atoms with Crippen LogP contribution >= 0.6 is 0 Å². The third-order valence-electron chi connectivity index (χ3n) is 1.63. The van der Waals surface area contributed by atoms with Crippen molar-refractivity contribution in [3.05, 3.63) is 0 Å². The maximum Gasteiger partial charge on any atom is 0.154 e. The fourth-order valence-electron chi connectivity index (χ4n) is 0.803. The Balaban J connectivity index is 4.28. The van der Waals surface area contributed by atoms with Crippen molar-refractivity contribution < 1.29 is 8.42 Å². The molecule has 3 nitrogen and oxygen atoms in total. The molecule has 0 radical (unpaired) electrons. The number of hydrogen-bond donors (Lipinski definition) is 1. The molecule has 0 heterocycles. The largest absolute Gasteiger partial charge is 0.329 e. The van der Waals surface area contributed by atoms with Crippen LogP contribution in [0.4, 0.5) is 0 Å². The lowest BCUT2D eigenvalue weighted by molar-refractivity contribution is 0.577. The van der Waals surface area contributed by atoms with Crippen molar-refractivity contribution in [1.82, 2.24) is 0 Å². The summed E-state index contributed by atoms with van der Waals surface area (Å²) in [6, 6.07) is 0. The van der Waals surface area contributed by atoms with Gasteiger partial charge < -0.3 is 5.73 Å². The van der Waals surface area contributed by atoms with E-state index < -0.39 is 9.84 Å². The molecule has 1 atom stereocenters. The maximum atomic E-state index is 11.1. The maximum absolute atomic E-state index is 11.1. The molecule has 0 saturated heterocycles. The van der Waals surface area contributed by atoms with Gasteiger partial charge >= 0.3 is 0 Å². The molecule has 0 bridgehead atoms. The first-order chi connectivity index (χ1) is 4.58. The second kappa shape index (κ2) is 3.93. The zero-order valence-corrected chi connectivity index (χ0v) is 7.32. The van der Waals surface area contributed by atoms with Crippen molar-refractivity contribution in [1.29, 1.82) is 0 Å². The molecule has 0 aliphatic rings. The monoisotopic (exact) mass is 165 g/mol. The lowest BCUT2D eigenvalue weighted by Crippen LogP contribution is -2.30. The minimum atomic E-state index is -2.89. The van der Waals surface area contributed by atoms with E-state index in [2.05, 4.69) is 0 Å². The lowest BCUT2D eigenvalue weighted by Gasteiger charge is -2.10. The molecule has 0 saturated carbocycles. The molecule has 0 rings (SSSR count). The minimum absolute atomic E-state index is 0.197. The van der Waals surface area contributed by atoms with Crippen molar-refractivity contribution in [2.45, 2.75) is 25.5 Å². The second-order valence-electron chi connectivity index (χ2n) is 2.22. The van der Waals surface area contributed by atoms with Crippen molar-refractivity contribution in [3.63, 3.8) is 0 Å². The quantitative estimate of drug-likeness (QED) is 0.645. The molecule has 0 aliphatic heterocycles. The van der Waals surface area contributed by atoms with Gasteiger partial charge in [-0.15, -0.1) is 0 Å². The highest BCUT2D eigenvalue weighted by atomic mass is 32.2. The van der Waals surface area contributed by atoms with Crippen LogP contribution in [-0.2, 0) is 9.84 Å². The summed E-state index contributed by atoms with van der Waals surface area (Å²) in [7, 11) is -2.89. The van der Waals surface area contributed by atoms with Gasteiger partial charge in [-0.25, -0.2) is 8.42 Å². The Bertz CT molecular complexity index is 170. The van der Waals surface area contributed by atoms with E-state index in [0.29, 0.717) is 6.42 Å². The summed E-state index contributed by atoms with van der Waals surface area (Å²) in [5.41, 5.74) is 5.27. The first-order valence-corrected chi connectivity index (χ1v) is 5.21. The number of sulfone groups is 1. The molecule has 0 aromatic rings. The van der Waals surface area contributed by atoms with Gasteiger partial charge in [-0.1, -0.05) is 13.8 Å². The summed E-state index contributed by atoms with van der Waals surface area (Å²) in [6.07, 6.45) is 0.618. The van der Waals surface area contributed by atoms with E-state index in [1.165, 1.54) is 0 Å². The normalized spacial score (nSPS) is 15.1. The highest BCUT2D eigenvalue weighted by Crippen LogP contribution is 2.04. The topological polar surface area (TPSA) is 60.2 Å². The van der Waals surface area contributed by atoms with E-state index in [1.807, 2.05) is 6.92 Å². The first-order valence-electron chi connectivity index (χ1n) is 3.50. The van der Waals surface area contributed by atoms with E-state index in [1.54, 1.807) is 6.92 Å². The summed E-state index contributed by atoms with van der Waals surface area (Å²) in [6.45, 7) is 3.73. The van der Waals surface area contributed by atoms with Gasteiger partial charge in [-0.05, 0) is 6.42 Å². The van der Waals surface area contributed by atoms with E-state index in [0.717, 1.165) is 0 Å². The van der Waals surface area contributed by atoms with Crippen LogP contribution in [0, 0.1) is 0 Å². The fourth-order valence-corrected chi connectivity index (χ4v) is 2.08. The Morgan fingerprint density at radius 2 is 1.90 bits per heavy atom. The Labute approximate surface area is 62.5 Å². The first kappa shape index (κ1) is 9.91. The van der Waals surface area contributed by atoms with Crippen LogP contribution in [0.3, 0.4) is 0 Å². The van der Waals surface area contributed by atoms with Crippen LogP contribution in [0.2, 0.25) is 0 Å². The molecule has 0 fully saturated rings. The van der Waals surface area contributed by atoms with Crippen molar-refractivity contribution in [3.8, 4) is 0 Å². The van der Waals surface area contributed by atoms with Crippen LogP contribution in [-0.4, -0.2) is 26.0 Å². The Kier molecular flexibility index (Phi) is 3.89. The van der Waals surface area contributed by atoms with Crippen LogP contribution in [0.15, 0.2) is 0 Å². The Morgan fingerprint density at radius 1 is 1.40 bits per heavy atom. The molecule has 0 aromatic carbocycles. The van der Waals surface area contributed by atoms with Crippen molar-refractivity contribution in [2.24, 2.45) is 5.73 Å². The van der Waals surface area contributed by atoms with Gasteiger partial charge in [0.2, 0.25) is 0 Å². The molecule has 0 aromatic heterocycles.